The summed E-state index contributed by atoms with van der Waals surface area (Å²) in [5, 5.41) is 20.7. The van der Waals surface area contributed by atoms with Crippen molar-refractivity contribution in [2.45, 2.75) is 10.9 Å². The van der Waals surface area contributed by atoms with Gasteiger partial charge in [0.25, 0.3) is 0 Å². The van der Waals surface area contributed by atoms with Crippen molar-refractivity contribution < 1.29 is 15.0 Å². The lowest BCUT2D eigenvalue weighted by atomic mass is 9.86. The molecule has 0 fully saturated rings. The normalized spacial score (nSPS) is 13.8. The Morgan fingerprint density at radius 2 is 1.53 bits per heavy atom. The molecule has 2 rings (SSSR count). The zero-order valence-electron chi connectivity index (χ0n) is 10.1. The Kier molecular flexibility index (Phi) is 4.02. The fourth-order valence-electron chi connectivity index (χ4n) is 1.93. The third kappa shape index (κ3) is 2.55. The highest BCUT2D eigenvalue weighted by Gasteiger charge is 2.39. The second-order valence-corrected chi connectivity index (χ2v) is 4.77. The number of carboxylic acids is 1. The van der Waals surface area contributed by atoms with Crippen LogP contribution in [0.4, 0.5) is 0 Å². The van der Waals surface area contributed by atoms with E-state index in [9.17, 15) is 15.0 Å². The molecular weight excluding hydrogens is 308 g/mol. The maximum Gasteiger partial charge on any atom is 0.345 e. The summed E-state index contributed by atoms with van der Waals surface area (Å²) in [5.74, 6) is -1.29. The first-order valence-electron chi connectivity index (χ1n) is 5.75. The predicted molar refractivity (Wildman–Crippen MR) is 76.1 cm³/mol. The van der Waals surface area contributed by atoms with Gasteiger partial charge in [-0.3, -0.25) is 0 Å². The smallest absolute Gasteiger partial charge is 0.345 e. The van der Waals surface area contributed by atoms with E-state index in [-0.39, 0.29) is 0 Å². The maximum atomic E-state index is 11.5. The van der Waals surface area contributed by atoms with Gasteiger partial charge in [-0.2, -0.15) is 0 Å². The molecule has 1 unspecified atom stereocenters. The third-order valence-corrected chi connectivity index (χ3v) is 3.67. The Balaban J connectivity index is 2.53. The Morgan fingerprint density at radius 1 is 1.00 bits per heavy atom. The maximum absolute atomic E-state index is 11.5. The van der Waals surface area contributed by atoms with Gasteiger partial charge in [0.15, 0.2) is 0 Å². The molecule has 1 atom stereocenters. The van der Waals surface area contributed by atoms with Crippen LogP contribution in [-0.4, -0.2) is 16.2 Å². The number of aliphatic hydroxyl groups is 1. The van der Waals surface area contributed by atoms with E-state index >= 15 is 0 Å². The standard InChI is InChI=1S/C15H13BrO3/c16-10-11-6-8-13(9-7-11)15(19,14(17)18)12-4-2-1-3-5-12/h1-9,19H,10H2,(H,17,18). The first-order valence-corrected chi connectivity index (χ1v) is 6.88. The van der Waals surface area contributed by atoms with Crippen molar-refractivity contribution in [1.82, 2.24) is 0 Å². The topological polar surface area (TPSA) is 57.5 Å². The zero-order valence-corrected chi connectivity index (χ0v) is 11.7. The van der Waals surface area contributed by atoms with E-state index in [0.717, 1.165) is 5.56 Å². The van der Waals surface area contributed by atoms with E-state index in [1.54, 1.807) is 54.6 Å². The quantitative estimate of drug-likeness (QED) is 0.852. The molecule has 0 heterocycles. The molecule has 2 aromatic carbocycles. The van der Waals surface area contributed by atoms with Crippen molar-refractivity contribution in [1.29, 1.82) is 0 Å². The zero-order chi connectivity index (χ0) is 13.9. The highest BCUT2D eigenvalue weighted by molar-refractivity contribution is 9.08. The first-order chi connectivity index (χ1) is 9.09. The average molecular weight is 321 g/mol. The lowest BCUT2D eigenvalue weighted by molar-refractivity contribution is -0.155. The molecule has 0 aromatic heterocycles. The minimum absolute atomic E-state index is 0.342. The summed E-state index contributed by atoms with van der Waals surface area (Å²) in [6.45, 7) is 0. The van der Waals surface area contributed by atoms with Gasteiger partial charge in [-0.25, -0.2) is 4.79 Å². The average Bonchev–Trinajstić information content (AvgIpc) is 2.47. The Hall–Kier alpha value is -1.65. The molecule has 4 heteroatoms. The van der Waals surface area contributed by atoms with E-state index < -0.39 is 11.6 Å². The second-order valence-electron chi connectivity index (χ2n) is 4.21. The number of carboxylic acid groups (broad SMARTS) is 1. The van der Waals surface area contributed by atoms with Gasteiger partial charge < -0.3 is 10.2 Å². The molecule has 0 bridgehead atoms. The number of hydrogen-bond acceptors (Lipinski definition) is 2. The monoisotopic (exact) mass is 320 g/mol. The molecule has 0 spiro atoms. The van der Waals surface area contributed by atoms with Gasteiger partial charge >= 0.3 is 5.97 Å². The molecule has 0 saturated carbocycles. The number of halogens is 1. The number of benzene rings is 2. The summed E-state index contributed by atoms with van der Waals surface area (Å²) in [5.41, 5.74) is -0.318. The van der Waals surface area contributed by atoms with Crippen molar-refractivity contribution in [2.24, 2.45) is 0 Å². The van der Waals surface area contributed by atoms with Crippen LogP contribution in [0.1, 0.15) is 16.7 Å². The largest absolute Gasteiger partial charge is 0.479 e. The fraction of sp³-hybridized carbons (Fsp3) is 0.133. The molecule has 0 saturated heterocycles. The van der Waals surface area contributed by atoms with E-state index in [1.165, 1.54) is 0 Å². The van der Waals surface area contributed by atoms with Crippen LogP contribution in [0.5, 0.6) is 0 Å². The fourth-order valence-corrected chi connectivity index (χ4v) is 2.30. The molecule has 19 heavy (non-hydrogen) atoms. The Morgan fingerprint density at radius 3 is 2.00 bits per heavy atom. The number of carbonyl (C=O) groups is 1. The van der Waals surface area contributed by atoms with Crippen LogP contribution < -0.4 is 0 Å². The van der Waals surface area contributed by atoms with E-state index in [2.05, 4.69) is 15.9 Å². The number of rotatable bonds is 4. The van der Waals surface area contributed by atoms with Gasteiger partial charge in [0, 0.05) is 5.33 Å². The van der Waals surface area contributed by atoms with Crippen LogP contribution in [0, 0.1) is 0 Å². The molecular formula is C15H13BrO3. The summed E-state index contributed by atoms with van der Waals surface area (Å²) in [6.07, 6.45) is 0. The number of aliphatic carboxylic acids is 1. The summed E-state index contributed by atoms with van der Waals surface area (Å²) < 4.78 is 0. The molecule has 2 aromatic rings. The minimum atomic E-state index is -2.02. The van der Waals surface area contributed by atoms with Gasteiger partial charge in [-0.05, 0) is 16.7 Å². The Labute approximate surface area is 119 Å². The lowest BCUT2D eigenvalue weighted by Crippen LogP contribution is -2.36. The van der Waals surface area contributed by atoms with Crippen molar-refractivity contribution in [3.8, 4) is 0 Å². The third-order valence-electron chi connectivity index (χ3n) is 3.03. The van der Waals surface area contributed by atoms with Gasteiger partial charge in [-0.1, -0.05) is 70.5 Å². The van der Waals surface area contributed by atoms with Crippen LogP contribution in [0.15, 0.2) is 54.6 Å². The van der Waals surface area contributed by atoms with Crippen LogP contribution in [0.2, 0.25) is 0 Å². The van der Waals surface area contributed by atoms with Crippen LogP contribution >= 0.6 is 15.9 Å². The minimum Gasteiger partial charge on any atom is -0.479 e. The first kappa shape index (κ1) is 13.8. The van der Waals surface area contributed by atoms with Gasteiger partial charge in [0.05, 0.1) is 0 Å². The van der Waals surface area contributed by atoms with Crippen molar-refractivity contribution in [3.63, 3.8) is 0 Å². The summed E-state index contributed by atoms with van der Waals surface area (Å²) in [4.78, 5) is 11.5. The molecule has 0 radical (unpaired) electrons. The second kappa shape index (κ2) is 5.55. The number of alkyl halides is 1. The van der Waals surface area contributed by atoms with Gasteiger partial charge in [0.1, 0.15) is 0 Å². The number of hydrogen-bond donors (Lipinski definition) is 2. The molecule has 0 aliphatic carbocycles. The predicted octanol–water partition coefficient (Wildman–Crippen LogP) is 2.90. The molecule has 0 aliphatic heterocycles. The molecule has 0 amide bonds. The van der Waals surface area contributed by atoms with Crippen molar-refractivity contribution in [3.05, 3.63) is 71.3 Å². The van der Waals surface area contributed by atoms with E-state index in [4.69, 9.17) is 0 Å². The van der Waals surface area contributed by atoms with Crippen LogP contribution in [-0.2, 0) is 15.7 Å². The molecule has 98 valence electrons. The van der Waals surface area contributed by atoms with E-state index in [0.29, 0.717) is 16.5 Å². The highest BCUT2D eigenvalue weighted by Crippen LogP contribution is 2.30. The van der Waals surface area contributed by atoms with Crippen LogP contribution in [0.25, 0.3) is 0 Å². The molecule has 2 N–H and O–H groups in total. The Bertz CT molecular complexity index is 566. The summed E-state index contributed by atoms with van der Waals surface area (Å²) in [6, 6.07) is 15.3. The van der Waals surface area contributed by atoms with Gasteiger partial charge in [-0.15, -0.1) is 0 Å². The highest BCUT2D eigenvalue weighted by atomic mass is 79.9. The van der Waals surface area contributed by atoms with Gasteiger partial charge in [0.2, 0.25) is 5.60 Å². The van der Waals surface area contributed by atoms with Crippen molar-refractivity contribution in [2.75, 3.05) is 0 Å². The van der Waals surface area contributed by atoms with Crippen LogP contribution in [0.3, 0.4) is 0 Å². The molecule has 0 aliphatic rings. The van der Waals surface area contributed by atoms with E-state index in [1.807, 2.05) is 0 Å². The molecule has 3 nitrogen and oxygen atoms in total. The SMILES string of the molecule is O=C(O)C(O)(c1ccccc1)c1ccc(CBr)cc1. The summed E-state index contributed by atoms with van der Waals surface area (Å²) in [7, 11) is 0. The van der Waals surface area contributed by atoms with Crippen molar-refractivity contribution >= 4 is 21.9 Å². The summed E-state index contributed by atoms with van der Waals surface area (Å²) >= 11 is 3.33. The lowest BCUT2D eigenvalue weighted by Gasteiger charge is -2.24.